The van der Waals surface area contributed by atoms with Crippen LogP contribution in [0.25, 0.3) is 22.6 Å². The highest BCUT2D eigenvalue weighted by atomic mass is 32.3. The summed E-state index contributed by atoms with van der Waals surface area (Å²) in [6.07, 6.45) is 0. The third-order valence-corrected chi connectivity index (χ3v) is 6.29. The van der Waals surface area contributed by atoms with E-state index in [2.05, 4.69) is 4.98 Å². The molecule has 0 atom stereocenters. The predicted molar refractivity (Wildman–Crippen MR) is 104 cm³/mol. The maximum absolute atomic E-state index is 12.7. The molecule has 1 fully saturated rings. The minimum atomic E-state index is -2.53. The van der Waals surface area contributed by atoms with Gasteiger partial charge in [-0.3, -0.25) is 13.9 Å². The van der Waals surface area contributed by atoms with Crippen LogP contribution in [0.4, 0.5) is 0 Å². The molecule has 2 N–H and O–H groups in total. The summed E-state index contributed by atoms with van der Waals surface area (Å²) in [5.74, 6) is 1.47. The van der Waals surface area contributed by atoms with Crippen molar-refractivity contribution in [3.8, 4) is 17.2 Å². The van der Waals surface area contributed by atoms with Gasteiger partial charge in [-0.15, -0.1) is 0 Å². The molecule has 1 aliphatic heterocycles. The molecule has 2 aromatic carbocycles. The van der Waals surface area contributed by atoms with Crippen molar-refractivity contribution in [2.75, 3.05) is 31.7 Å². The Morgan fingerprint density at radius 3 is 2.70 bits per heavy atom. The van der Waals surface area contributed by atoms with Gasteiger partial charge in [0.1, 0.15) is 11.3 Å². The maximum Gasteiger partial charge on any atom is 0.254 e. The lowest BCUT2D eigenvalue weighted by molar-refractivity contribution is 0.0768. The Bertz CT molecular complexity index is 991. The second-order valence-corrected chi connectivity index (χ2v) is 8.86. The van der Waals surface area contributed by atoms with Gasteiger partial charge in [-0.05, 0) is 36.4 Å². The Morgan fingerprint density at radius 2 is 1.96 bits per heavy atom. The van der Waals surface area contributed by atoms with Crippen molar-refractivity contribution in [2.45, 2.75) is 0 Å². The minimum absolute atomic E-state index is 0.147. The summed E-state index contributed by atoms with van der Waals surface area (Å²) in [7, 11) is -0.932. The van der Waals surface area contributed by atoms with E-state index in [0.29, 0.717) is 41.4 Å². The van der Waals surface area contributed by atoms with E-state index in [1.807, 2.05) is 24.3 Å². The zero-order valence-corrected chi connectivity index (χ0v) is 15.6. The molecule has 27 heavy (non-hydrogen) atoms. The standard InChI is InChI=1S/C19H20N2O5S/c1-25-15-4-2-3-13(11-15)18-20-16-6-5-14(12-17(16)26-18)19(22)21-7-9-27(23,24)10-8-21/h2-6,11-12,23-24H,7-10H2,1H3. The molecule has 0 radical (unpaired) electrons. The lowest BCUT2D eigenvalue weighted by atomic mass is 10.2. The first-order valence-electron chi connectivity index (χ1n) is 8.53. The molecule has 1 aromatic heterocycles. The topological polar surface area (TPSA) is 96.0 Å². The molecule has 2 heterocycles. The van der Waals surface area contributed by atoms with E-state index in [9.17, 15) is 13.9 Å². The third-order valence-electron chi connectivity index (χ3n) is 4.62. The lowest BCUT2D eigenvalue weighted by Gasteiger charge is -2.40. The SMILES string of the molecule is COc1cccc(-c2nc3ccc(C(=O)N4CCS(O)(O)CC4)cc3o2)c1. The fraction of sp³-hybridized carbons (Fsp3) is 0.263. The van der Waals surface area contributed by atoms with E-state index in [4.69, 9.17) is 9.15 Å². The van der Waals surface area contributed by atoms with Crippen LogP contribution in [-0.2, 0) is 0 Å². The maximum atomic E-state index is 12.7. The van der Waals surface area contributed by atoms with E-state index >= 15 is 0 Å². The normalized spacial score (nSPS) is 17.7. The van der Waals surface area contributed by atoms with Gasteiger partial charge in [0, 0.05) is 24.2 Å². The first kappa shape index (κ1) is 17.8. The summed E-state index contributed by atoms with van der Waals surface area (Å²) in [5, 5.41) is 0. The van der Waals surface area contributed by atoms with E-state index in [1.54, 1.807) is 30.2 Å². The molecule has 1 aliphatic rings. The highest BCUT2D eigenvalue weighted by Crippen LogP contribution is 2.40. The van der Waals surface area contributed by atoms with E-state index in [1.165, 1.54) is 0 Å². The van der Waals surface area contributed by atoms with Crippen molar-refractivity contribution in [2.24, 2.45) is 0 Å². The molecule has 1 saturated heterocycles. The molecule has 4 rings (SSSR count). The predicted octanol–water partition coefficient (Wildman–Crippen LogP) is 3.71. The van der Waals surface area contributed by atoms with E-state index in [-0.39, 0.29) is 17.4 Å². The van der Waals surface area contributed by atoms with Crippen molar-refractivity contribution in [3.63, 3.8) is 0 Å². The first-order chi connectivity index (χ1) is 12.9. The molecule has 0 spiro atoms. The van der Waals surface area contributed by atoms with Crippen molar-refractivity contribution in [3.05, 3.63) is 48.0 Å². The molecule has 0 bridgehead atoms. The van der Waals surface area contributed by atoms with Gasteiger partial charge in [0.2, 0.25) is 5.89 Å². The summed E-state index contributed by atoms with van der Waals surface area (Å²) >= 11 is 0. The number of oxazole rings is 1. The number of fused-ring (bicyclic) bond motifs is 1. The summed E-state index contributed by atoms with van der Waals surface area (Å²) in [5.41, 5.74) is 2.48. The Kier molecular flexibility index (Phi) is 4.55. The molecule has 1 amide bonds. The quantitative estimate of drug-likeness (QED) is 0.710. The van der Waals surface area contributed by atoms with Crippen molar-refractivity contribution < 1.29 is 23.1 Å². The average Bonchev–Trinajstić information content (AvgIpc) is 3.11. The fourth-order valence-electron chi connectivity index (χ4n) is 3.05. The average molecular weight is 388 g/mol. The molecule has 8 heteroatoms. The summed E-state index contributed by atoms with van der Waals surface area (Å²) in [6, 6.07) is 12.6. The van der Waals surface area contributed by atoms with E-state index in [0.717, 1.165) is 5.56 Å². The van der Waals surface area contributed by atoms with Gasteiger partial charge in [-0.25, -0.2) is 4.98 Å². The number of nitrogens with zero attached hydrogens (tertiary/aromatic N) is 2. The number of methoxy groups -OCH3 is 1. The monoisotopic (exact) mass is 388 g/mol. The first-order valence-corrected chi connectivity index (χ1v) is 10.4. The summed E-state index contributed by atoms with van der Waals surface area (Å²) in [6.45, 7) is 0.676. The van der Waals surface area contributed by atoms with Crippen LogP contribution in [0.1, 0.15) is 10.4 Å². The second-order valence-electron chi connectivity index (χ2n) is 6.44. The summed E-state index contributed by atoms with van der Waals surface area (Å²) < 4.78 is 30.5. The lowest BCUT2D eigenvalue weighted by Crippen LogP contribution is -2.42. The number of aromatic nitrogens is 1. The number of amides is 1. The molecule has 3 aromatic rings. The van der Waals surface area contributed by atoms with Crippen molar-refractivity contribution in [1.29, 1.82) is 0 Å². The molecule has 142 valence electrons. The number of ether oxygens (including phenoxy) is 1. The van der Waals surface area contributed by atoms with Gasteiger partial charge in [0.25, 0.3) is 5.91 Å². The van der Waals surface area contributed by atoms with Crippen LogP contribution in [0.2, 0.25) is 0 Å². The number of carbonyl (C=O) groups is 1. The van der Waals surface area contributed by atoms with Gasteiger partial charge < -0.3 is 14.1 Å². The van der Waals surface area contributed by atoms with Crippen LogP contribution in [-0.4, -0.2) is 56.6 Å². The number of carbonyl (C=O) groups excluding carboxylic acids is 1. The molecular weight excluding hydrogens is 368 g/mol. The second kappa shape index (κ2) is 6.88. The number of rotatable bonds is 3. The van der Waals surface area contributed by atoms with Crippen LogP contribution >= 0.6 is 10.6 Å². The third kappa shape index (κ3) is 3.64. The van der Waals surface area contributed by atoms with Gasteiger partial charge in [-0.2, -0.15) is 10.6 Å². The molecule has 0 aliphatic carbocycles. The Balaban J connectivity index is 1.60. The molecule has 7 nitrogen and oxygen atoms in total. The van der Waals surface area contributed by atoms with Gasteiger partial charge >= 0.3 is 0 Å². The van der Waals surface area contributed by atoms with Gasteiger partial charge in [0.15, 0.2) is 5.58 Å². The molecule has 0 saturated carbocycles. The Hall–Kier alpha value is -2.55. The van der Waals surface area contributed by atoms with E-state index < -0.39 is 10.6 Å². The highest BCUT2D eigenvalue weighted by molar-refractivity contribution is 8.24. The molecular formula is C19H20N2O5S. The fourth-order valence-corrected chi connectivity index (χ4v) is 4.28. The zero-order valence-electron chi connectivity index (χ0n) is 14.8. The van der Waals surface area contributed by atoms with Crippen LogP contribution in [0.3, 0.4) is 0 Å². The minimum Gasteiger partial charge on any atom is -0.497 e. The zero-order chi connectivity index (χ0) is 19.0. The number of hydrogen-bond acceptors (Lipinski definition) is 6. The van der Waals surface area contributed by atoms with Gasteiger partial charge in [0.05, 0.1) is 18.6 Å². The molecule has 0 unspecified atom stereocenters. The van der Waals surface area contributed by atoms with Crippen LogP contribution in [0.5, 0.6) is 5.75 Å². The van der Waals surface area contributed by atoms with Crippen LogP contribution in [0.15, 0.2) is 46.9 Å². The van der Waals surface area contributed by atoms with Crippen molar-refractivity contribution >= 4 is 27.6 Å². The van der Waals surface area contributed by atoms with Crippen LogP contribution < -0.4 is 4.74 Å². The highest BCUT2D eigenvalue weighted by Gasteiger charge is 2.26. The smallest absolute Gasteiger partial charge is 0.254 e. The number of benzene rings is 2. The number of hydrogen-bond donors (Lipinski definition) is 2. The van der Waals surface area contributed by atoms with Crippen LogP contribution in [0, 0.1) is 0 Å². The largest absolute Gasteiger partial charge is 0.497 e. The van der Waals surface area contributed by atoms with Crippen molar-refractivity contribution in [1.82, 2.24) is 9.88 Å². The Morgan fingerprint density at radius 1 is 1.19 bits per heavy atom. The van der Waals surface area contributed by atoms with Gasteiger partial charge in [-0.1, -0.05) is 6.07 Å². The Labute approximate surface area is 157 Å². The summed E-state index contributed by atoms with van der Waals surface area (Å²) in [4.78, 5) is 18.8.